The lowest BCUT2D eigenvalue weighted by Crippen LogP contribution is -2.35. The summed E-state index contributed by atoms with van der Waals surface area (Å²) >= 11 is 0. The third-order valence-electron chi connectivity index (χ3n) is 4.85. The van der Waals surface area contributed by atoms with Crippen molar-refractivity contribution in [1.29, 1.82) is 0 Å². The Labute approximate surface area is 172 Å². The molecule has 0 spiro atoms. The zero-order chi connectivity index (χ0) is 19.6. The molecule has 1 aliphatic rings. The van der Waals surface area contributed by atoms with Crippen molar-refractivity contribution < 1.29 is 23.0 Å². The van der Waals surface area contributed by atoms with Crippen LogP contribution in [0.25, 0.3) is 0 Å². The molecular formula is C20H31ClF2N2O3. The van der Waals surface area contributed by atoms with Gasteiger partial charge >= 0.3 is 6.61 Å². The Balaban J connectivity index is 0.00000392. The molecule has 1 amide bonds. The lowest BCUT2D eigenvalue weighted by Gasteiger charge is -2.28. The molecule has 1 aliphatic heterocycles. The number of rotatable bonds is 10. The molecule has 1 heterocycles. The maximum Gasteiger partial charge on any atom is 0.387 e. The molecule has 0 saturated carbocycles. The molecule has 2 N–H and O–H groups in total. The van der Waals surface area contributed by atoms with Crippen LogP contribution in [-0.2, 0) is 11.3 Å². The van der Waals surface area contributed by atoms with Crippen molar-refractivity contribution >= 4 is 18.3 Å². The lowest BCUT2D eigenvalue weighted by molar-refractivity contribution is -0.122. The maximum atomic E-state index is 12.7. The zero-order valence-corrected chi connectivity index (χ0v) is 17.3. The highest BCUT2D eigenvalue weighted by molar-refractivity contribution is 5.85. The third-order valence-corrected chi connectivity index (χ3v) is 4.85. The summed E-state index contributed by atoms with van der Waals surface area (Å²) in [5, 5.41) is 6.18. The molecule has 8 heteroatoms. The molecule has 0 radical (unpaired) electrons. The summed E-state index contributed by atoms with van der Waals surface area (Å²) in [4.78, 5) is 12.3. The fourth-order valence-corrected chi connectivity index (χ4v) is 3.29. The number of ether oxygens (including phenoxy) is 2. The van der Waals surface area contributed by atoms with Gasteiger partial charge in [-0.3, -0.25) is 4.79 Å². The first-order chi connectivity index (χ1) is 13.0. The van der Waals surface area contributed by atoms with Crippen LogP contribution in [0.4, 0.5) is 8.78 Å². The summed E-state index contributed by atoms with van der Waals surface area (Å²) in [6.07, 6.45) is 3.51. The molecule has 1 aromatic carbocycles. The van der Waals surface area contributed by atoms with Crippen molar-refractivity contribution in [3.05, 3.63) is 23.8 Å². The van der Waals surface area contributed by atoms with Crippen LogP contribution in [0.5, 0.6) is 11.5 Å². The second-order valence-corrected chi connectivity index (χ2v) is 7.06. The Kier molecular flexibility index (Phi) is 11.2. The summed E-state index contributed by atoms with van der Waals surface area (Å²) < 4.78 is 35.5. The normalized spacial score (nSPS) is 17.5. The minimum atomic E-state index is -2.93. The number of carbonyl (C=O) groups excluding carboxylic acids is 1. The van der Waals surface area contributed by atoms with Gasteiger partial charge in [-0.05, 0) is 56.3 Å². The molecule has 1 saturated heterocycles. The number of carbonyl (C=O) groups is 1. The van der Waals surface area contributed by atoms with Gasteiger partial charge in [0.05, 0.1) is 6.61 Å². The molecule has 2 unspecified atom stereocenters. The minimum Gasteiger partial charge on any atom is -0.493 e. The van der Waals surface area contributed by atoms with Gasteiger partial charge in [0.15, 0.2) is 0 Å². The quantitative estimate of drug-likeness (QED) is 0.597. The monoisotopic (exact) mass is 420 g/mol. The summed E-state index contributed by atoms with van der Waals surface area (Å²) in [5.41, 5.74) is 0.500. The van der Waals surface area contributed by atoms with Crippen molar-refractivity contribution in [3.63, 3.8) is 0 Å². The van der Waals surface area contributed by atoms with Gasteiger partial charge < -0.3 is 20.1 Å². The van der Waals surface area contributed by atoms with E-state index >= 15 is 0 Å². The van der Waals surface area contributed by atoms with Crippen LogP contribution in [-0.4, -0.2) is 32.2 Å². The van der Waals surface area contributed by atoms with E-state index in [0.717, 1.165) is 32.4 Å². The van der Waals surface area contributed by atoms with Gasteiger partial charge in [0.1, 0.15) is 11.5 Å². The number of piperidine rings is 1. The van der Waals surface area contributed by atoms with Gasteiger partial charge in [0, 0.05) is 24.6 Å². The van der Waals surface area contributed by atoms with E-state index in [2.05, 4.69) is 22.3 Å². The number of hydrogen-bond acceptors (Lipinski definition) is 4. The van der Waals surface area contributed by atoms with E-state index in [1.165, 1.54) is 6.07 Å². The highest BCUT2D eigenvalue weighted by atomic mass is 35.5. The number of nitrogens with one attached hydrogen (secondary N) is 2. The second kappa shape index (κ2) is 12.8. The van der Waals surface area contributed by atoms with Crippen LogP contribution in [0.2, 0.25) is 0 Å². The first-order valence-corrected chi connectivity index (χ1v) is 9.67. The molecule has 2 rings (SSSR count). The van der Waals surface area contributed by atoms with Crippen LogP contribution in [0.3, 0.4) is 0 Å². The van der Waals surface area contributed by atoms with Crippen molar-refractivity contribution in [3.8, 4) is 11.5 Å². The fraction of sp³-hybridized carbons (Fsp3) is 0.650. The number of hydrogen-bond donors (Lipinski definition) is 2. The van der Waals surface area contributed by atoms with Gasteiger partial charge in [-0.15, -0.1) is 12.4 Å². The second-order valence-electron chi connectivity index (χ2n) is 7.06. The third kappa shape index (κ3) is 8.19. The fourth-order valence-electron chi connectivity index (χ4n) is 3.29. The molecule has 2 atom stereocenters. The van der Waals surface area contributed by atoms with Crippen LogP contribution >= 0.6 is 12.4 Å². The number of benzene rings is 1. The molecule has 5 nitrogen and oxygen atoms in total. The Bertz CT molecular complexity index is 599. The topological polar surface area (TPSA) is 59.6 Å². The van der Waals surface area contributed by atoms with E-state index in [9.17, 15) is 13.6 Å². The van der Waals surface area contributed by atoms with Crippen LogP contribution in [0.15, 0.2) is 18.2 Å². The van der Waals surface area contributed by atoms with E-state index in [4.69, 9.17) is 4.74 Å². The number of amides is 1. The van der Waals surface area contributed by atoms with Crippen molar-refractivity contribution in [1.82, 2.24) is 10.6 Å². The standard InChI is InChI=1S/C20H30F2N2O3.ClH/c1-3-9-26-17-7-6-16(18(11-17)27-20(21)22)13-24-19(25)10-14(2)15-5-4-8-23-12-15;/h6-7,11,14-15,20,23H,3-5,8-10,12-13H2,1-2H3,(H,24,25);1H. The van der Waals surface area contributed by atoms with E-state index < -0.39 is 6.61 Å². The molecule has 0 aliphatic carbocycles. The van der Waals surface area contributed by atoms with E-state index in [1.54, 1.807) is 12.1 Å². The van der Waals surface area contributed by atoms with Crippen LogP contribution in [0, 0.1) is 11.8 Å². The minimum absolute atomic E-state index is 0. The first kappa shape index (κ1) is 24.4. The largest absolute Gasteiger partial charge is 0.493 e. The molecule has 0 bridgehead atoms. The van der Waals surface area contributed by atoms with E-state index in [-0.39, 0.29) is 36.5 Å². The van der Waals surface area contributed by atoms with Gasteiger partial charge in [-0.25, -0.2) is 0 Å². The predicted octanol–water partition coefficient (Wildman–Crippen LogP) is 4.14. The Morgan fingerprint density at radius 3 is 2.82 bits per heavy atom. The molecule has 28 heavy (non-hydrogen) atoms. The number of alkyl halides is 2. The van der Waals surface area contributed by atoms with Gasteiger partial charge in [-0.1, -0.05) is 13.8 Å². The average Bonchev–Trinajstić information content (AvgIpc) is 2.65. The van der Waals surface area contributed by atoms with Crippen molar-refractivity contribution in [2.45, 2.75) is 52.7 Å². The summed E-state index contributed by atoms with van der Waals surface area (Å²) in [7, 11) is 0. The van der Waals surface area contributed by atoms with Crippen LogP contribution < -0.4 is 20.1 Å². The highest BCUT2D eigenvalue weighted by Crippen LogP contribution is 2.27. The van der Waals surface area contributed by atoms with Gasteiger partial charge in [0.2, 0.25) is 5.91 Å². The Morgan fingerprint density at radius 2 is 2.18 bits per heavy atom. The summed E-state index contributed by atoms with van der Waals surface area (Å²) in [5.74, 6) is 1.20. The Hall–Kier alpha value is -1.60. The van der Waals surface area contributed by atoms with Crippen molar-refractivity contribution in [2.75, 3.05) is 19.7 Å². The molecule has 1 aromatic rings. The predicted molar refractivity (Wildman–Crippen MR) is 107 cm³/mol. The Morgan fingerprint density at radius 1 is 1.39 bits per heavy atom. The SMILES string of the molecule is CCCOc1ccc(CNC(=O)CC(C)C2CCCNC2)c(OC(F)F)c1.Cl. The van der Waals surface area contributed by atoms with E-state index in [1.807, 2.05) is 6.92 Å². The van der Waals surface area contributed by atoms with Gasteiger partial charge in [-0.2, -0.15) is 8.78 Å². The van der Waals surface area contributed by atoms with Crippen LogP contribution in [0.1, 0.15) is 45.1 Å². The molecular weight excluding hydrogens is 390 g/mol. The molecule has 1 fully saturated rings. The highest BCUT2D eigenvalue weighted by Gasteiger charge is 2.22. The van der Waals surface area contributed by atoms with E-state index in [0.29, 0.717) is 30.3 Å². The molecule has 160 valence electrons. The maximum absolute atomic E-state index is 12.7. The first-order valence-electron chi connectivity index (χ1n) is 9.67. The molecule has 0 aromatic heterocycles. The summed E-state index contributed by atoms with van der Waals surface area (Å²) in [6.45, 7) is 3.75. The van der Waals surface area contributed by atoms with Gasteiger partial charge in [0.25, 0.3) is 0 Å². The average molecular weight is 421 g/mol. The number of halogens is 3. The van der Waals surface area contributed by atoms with Crippen molar-refractivity contribution in [2.24, 2.45) is 11.8 Å². The smallest absolute Gasteiger partial charge is 0.387 e. The lowest BCUT2D eigenvalue weighted by atomic mass is 9.85. The summed E-state index contributed by atoms with van der Waals surface area (Å²) in [6, 6.07) is 4.79. The zero-order valence-electron chi connectivity index (χ0n) is 16.5.